The fraction of sp³-hybridized carbons (Fsp3) is 0.938. The molecule has 110 valence electrons. The van der Waals surface area contributed by atoms with Crippen molar-refractivity contribution in [3.63, 3.8) is 0 Å². The Hall–Kier alpha value is -0.570. The molecule has 2 aliphatic rings. The zero-order valence-corrected chi connectivity index (χ0v) is 13.0. The molecule has 0 aliphatic heterocycles. The first-order valence-electron chi connectivity index (χ1n) is 7.89. The van der Waals surface area contributed by atoms with Gasteiger partial charge >= 0.3 is 0 Å². The van der Waals surface area contributed by atoms with Crippen molar-refractivity contribution < 1.29 is 4.79 Å². The number of hydrogen-bond donors (Lipinski definition) is 2. The SMILES string of the molecule is CCCCC(N)C(=O)NC1CC2CCC1(C)C2(C)C. The number of carbonyl (C=O) groups excluding carboxylic acids is 1. The topological polar surface area (TPSA) is 55.1 Å². The Morgan fingerprint density at radius 2 is 2.11 bits per heavy atom. The minimum atomic E-state index is -0.328. The van der Waals surface area contributed by atoms with Crippen LogP contribution < -0.4 is 11.1 Å². The lowest BCUT2D eigenvalue weighted by molar-refractivity contribution is -0.124. The zero-order valence-electron chi connectivity index (χ0n) is 13.0. The number of rotatable bonds is 5. The molecule has 2 bridgehead atoms. The molecule has 3 nitrogen and oxygen atoms in total. The van der Waals surface area contributed by atoms with Crippen LogP contribution in [-0.2, 0) is 4.79 Å². The first-order valence-corrected chi connectivity index (χ1v) is 7.89. The van der Waals surface area contributed by atoms with Crippen molar-refractivity contribution in [2.45, 2.75) is 78.3 Å². The van der Waals surface area contributed by atoms with Crippen LogP contribution in [-0.4, -0.2) is 18.0 Å². The van der Waals surface area contributed by atoms with E-state index in [1.807, 2.05) is 0 Å². The van der Waals surface area contributed by atoms with Gasteiger partial charge < -0.3 is 11.1 Å². The van der Waals surface area contributed by atoms with E-state index in [0.29, 0.717) is 11.5 Å². The first-order chi connectivity index (χ1) is 8.83. The number of fused-ring (bicyclic) bond motifs is 2. The van der Waals surface area contributed by atoms with Crippen molar-refractivity contribution in [3.8, 4) is 0 Å². The molecular weight excluding hydrogens is 236 g/mol. The summed E-state index contributed by atoms with van der Waals surface area (Å²) in [5.74, 6) is 0.817. The van der Waals surface area contributed by atoms with Crippen LogP contribution in [0.25, 0.3) is 0 Å². The van der Waals surface area contributed by atoms with E-state index in [1.165, 1.54) is 12.8 Å². The number of amides is 1. The number of carbonyl (C=O) groups is 1. The third kappa shape index (κ3) is 2.31. The Labute approximate surface area is 117 Å². The third-order valence-corrected chi connectivity index (χ3v) is 6.32. The summed E-state index contributed by atoms with van der Waals surface area (Å²) < 4.78 is 0. The van der Waals surface area contributed by atoms with Gasteiger partial charge in [0.15, 0.2) is 0 Å². The summed E-state index contributed by atoms with van der Waals surface area (Å²) in [6, 6.07) is -0.00721. The lowest BCUT2D eigenvalue weighted by Crippen LogP contribution is -2.51. The Bertz CT molecular complexity index is 353. The quantitative estimate of drug-likeness (QED) is 0.804. The van der Waals surface area contributed by atoms with Crippen molar-refractivity contribution in [2.75, 3.05) is 0 Å². The predicted molar refractivity (Wildman–Crippen MR) is 78.7 cm³/mol. The Morgan fingerprint density at radius 1 is 1.42 bits per heavy atom. The van der Waals surface area contributed by atoms with Gasteiger partial charge in [0.25, 0.3) is 0 Å². The van der Waals surface area contributed by atoms with Gasteiger partial charge in [0.05, 0.1) is 6.04 Å². The molecule has 1 amide bonds. The van der Waals surface area contributed by atoms with Crippen LogP contribution in [0.3, 0.4) is 0 Å². The fourth-order valence-corrected chi connectivity index (χ4v) is 4.26. The van der Waals surface area contributed by atoms with Gasteiger partial charge in [-0.2, -0.15) is 0 Å². The number of nitrogens with one attached hydrogen (secondary N) is 1. The van der Waals surface area contributed by atoms with E-state index in [4.69, 9.17) is 5.73 Å². The molecule has 0 radical (unpaired) electrons. The van der Waals surface area contributed by atoms with Gasteiger partial charge in [-0.3, -0.25) is 4.79 Å². The molecule has 4 unspecified atom stereocenters. The van der Waals surface area contributed by atoms with E-state index in [1.54, 1.807) is 0 Å². The molecule has 3 N–H and O–H groups in total. The largest absolute Gasteiger partial charge is 0.351 e. The van der Waals surface area contributed by atoms with Crippen molar-refractivity contribution in [1.29, 1.82) is 0 Å². The molecule has 0 spiro atoms. The highest BCUT2D eigenvalue weighted by molar-refractivity contribution is 5.81. The van der Waals surface area contributed by atoms with E-state index >= 15 is 0 Å². The fourth-order valence-electron chi connectivity index (χ4n) is 4.26. The van der Waals surface area contributed by atoms with Crippen LogP contribution in [0.2, 0.25) is 0 Å². The molecule has 2 saturated carbocycles. The summed E-state index contributed by atoms with van der Waals surface area (Å²) in [5, 5.41) is 3.25. The van der Waals surface area contributed by atoms with Crippen LogP contribution in [0.5, 0.6) is 0 Å². The average Bonchev–Trinajstić information content (AvgIpc) is 2.68. The number of unbranched alkanes of at least 4 members (excludes halogenated alkanes) is 1. The van der Waals surface area contributed by atoms with Gasteiger partial charge in [0.1, 0.15) is 0 Å². The third-order valence-electron chi connectivity index (χ3n) is 6.32. The van der Waals surface area contributed by atoms with Crippen molar-refractivity contribution in [3.05, 3.63) is 0 Å². The molecule has 2 fully saturated rings. The molecule has 2 rings (SSSR count). The summed E-state index contributed by atoms with van der Waals surface area (Å²) in [5.41, 5.74) is 6.57. The predicted octanol–water partition coefficient (Wildman–Crippen LogP) is 2.83. The van der Waals surface area contributed by atoms with E-state index in [0.717, 1.165) is 31.6 Å². The standard InChI is InChI=1S/C16H30N2O/c1-5-6-7-12(17)14(19)18-13-10-11-8-9-16(13,4)15(11,2)3/h11-13H,5-10,17H2,1-4H3,(H,18,19). The lowest BCUT2D eigenvalue weighted by atomic mass is 9.69. The van der Waals surface area contributed by atoms with Gasteiger partial charge in [-0.05, 0) is 42.4 Å². The maximum absolute atomic E-state index is 12.2. The second-order valence-corrected chi connectivity index (χ2v) is 7.42. The van der Waals surface area contributed by atoms with Gasteiger partial charge in [-0.1, -0.05) is 40.5 Å². The first kappa shape index (κ1) is 14.8. The van der Waals surface area contributed by atoms with Crippen LogP contribution >= 0.6 is 0 Å². The van der Waals surface area contributed by atoms with Gasteiger partial charge in [0.2, 0.25) is 5.91 Å². The molecule has 2 aliphatic carbocycles. The molecule has 0 aromatic carbocycles. The van der Waals surface area contributed by atoms with Gasteiger partial charge in [-0.25, -0.2) is 0 Å². The Balaban J connectivity index is 1.96. The van der Waals surface area contributed by atoms with Gasteiger partial charge in [0, 0.05) is 6.04 Å². The Morgan fingerprint density at radius 3 is 2.58 bits per heavy atom. The molecular formula is C16H30N2O. The smallest absolute Gasteiger partial charge is 0.237 e. The minimum absolute atomic E-state index is 0.0584. The van der Waals surface area contributed by atoms with Gasteiger partial charge in [-0.15, -0.1) is 0 Å². The molecule has 0 saturated heterocycles. The second-order valence-electron chi connectivity index (χ2n) is 7.42. The molecule has 0 heterocycles. The van der Waals surface area contributed by atoms with E-state index in [9.17, 15) is 4.79 Å². The van der Waals surface area contributed by atoms with E-state index in [-0.39, 0.29) is 17.4 Å². The normalized spacial score (nSPS) is 37.3. The van der Waals surface area contributed by atoms with E-state index in [2.05, 4.69) is 33.0 Å². The number of nitrogens with two attached hydrogens (primary N) is 1. The molecule has 4 atom stereocenters. The van der Waals surface area contributed by atoms with Crippen LogP contribution in [0.4, 0.5) is 0 Å². The Kier molecular flexibility index (Phi) is 3.97. The minimum Gasteiger partial charge on any atom is -0.351 e. The van der Waals surface area contributed by atoms with Crippen LogP contribution in [0, 0.1) is 16.7 Å². The summed E-state index contributed by atoms with van der Waals surface area (Å²) in [4.78, 5) is 12.2. The monoisotopic (exact) mass is 266 g/mol. The van der Waals surface area contributed by atoms with Crippen molar-refractivity contribution in [2.24, 2.45) is 22.5 Å². The summed E-state index contributed by atoms with van der Waals surface area (Å²) in [6.45, 7) is 9.22. The zero-order chi connectivity index (χ0) is 14.3. The summed E-state index contributed by atoms with van der Waals surface area (Å²) >= 11 is 0. The molecule has 0 aromatic heterocycles. The lowest BCUT2D eigenvalue weighted by Gasteiger charge is -2.39. The number of hydrogen-bond acceptors (Lipinski definition) is 2. The maximum Gasteiger partial charge on any atom is 0.237 e. The highest BCUT2D eigenvalue weighted by Gasteiger charge is 2.61. The average molecular weight is 266 g/mol. The maximum atomic E-state index is 12.2. The second kappa shape index (κ2) is 5.08. The highest BCUT2D eigenvalue weighted by atomic mass is 16.2. The summed E-state index contributed by atoms with van der Waals surface area (Å²) in [6.07, 6.45) is 6.62. The van der Waals surface area contributed by atoms with Crippen LogP contribution in [0.1, 0.15) is 66.2 Å². The van der Waals surface area contributed by atoms with Crippen LogP contribution in [0.15, 0.2) is 0 Å². The molecule has 3 heteroatoms. The highest BCUT2D eigenvalue weighted by Crippen LogP contribution is 2.65. The van der Waals surface area contributed by atoms with Crippen molar-refractivity contribution in [1.82, 2.24) is 5.32 Å². The van der Waals surface area contributed by atoms with Crippen molar-refractivity contribution >= 4 is 5.91 Å². The molecule has 19 heavy (non-hydrogen) atoms. The molecule has 0 aromatic rings. The summed E-state index contributed by atoms with van der Waals surface area (Å²) in [7, 11) is 0. The van der Waals surface area contributed by atoms with E-state index < -0.39 is 0 Å².